The maximum atomic E-state index is 10.7. The van der Waals surface area contributed by atoms with Crippen molar-refractivity contribution in [3.05, 3.63) is 21.9 Å². The number of nitrogens with one attached hydrogen (secondary N) is 1. The van der Waals surface area contributed by atoms with Gasteiger partial charge in [0.05, 0.1) is 5.69 Å². The number of rotatable bonds is 1. The van der Waals surface area contributed by atoms with Gasteiger partial charge in [0.25, 0.3) is 0 Å². The van der Waals surface area contributed by atoms with Crippen molar-refractivity contribution < 1.29 is 4.79 Å². The van der Waals surface area contributed by atoms with Gasteiger partial charge in [-0.25, -0.2) is 4.98 Å². The topological polar surface area (TPSA) is 42.0 Å². The molecule has 0 bridgehead atoms. The molecule has 0 atom stereocenters. The molecule has 1 rings (SSSR count). The Kier molecular flexibility index (Phi) is 3.05. The van der Waals surface area contributed by atoms with Crippen molar-refractivity contribution in [2.75, 3.05) is 5.32 Å². The average Bonchev–Trinajstić information content (AvgIpc) is 1.94. The standard InChI is InChI=1S/C7H6BrClN2O/c1-4(12)10-5-2-3-6(9)11-7(5)8/h2-3H,1H3,(H,10,12). The van der Waals surface area contributed by atoms with Crippen molar-refractivity contribution in [2.24, 2.45) is 0 Å². The third kappa shape index (κ3) is 2.46. The van der Waals surface area contributed by atoms with Crippen LogP contribution in [0.5, 0.6) is 0 Å². The largest absolute Gasteiger partial charge is 0.324 e. The molecule has 5 heteroatoms. The molecule has 1 heterocycles. The lowest BCUT2D eigenvalue weighted by molar-refractivity contribution is -0.114. The van der Waals surface area contributed by atoms with Crippen LogP contribution in [0.1, 0.15) is 6.92 Å². The number of anilines is 1. The maximum absolute atomic E-state index is 10.7. The number of halogens is 2. The fraction of sp³-hybridized carbons (Fsp3) is 0.143. The van der Waals surface area contributed by atoms with Gasteiger partial charge in [-0.3, -0.25) is 4.79 Å². The van der Waals surface area contributed by atoms with Crippen molar-refractivity contribution in [3.63, 3.8) is 0 Å². The van der Waals surface area contributed by atoms with Crippen LogP contribution in [0.3, 0.4) is 0 Å². The predicted octanol–water partition coefficient (Wildman–Crippen LogP) is 2.46. The fourth-order valence-electron chi connectivity index (χ4n) is 0.695. The monoisotopic (exact) mass is 248 g/mol. The van der Waals surface area contributed by atoms with Crippen molar-refractivity contribution >= 4 is 39.1 Å². The summed E-state index contributed by atoms with van der Waals surface area (Å²) in [6, 6.07) is 3.29. The van der Waals surface area contributed by atoms with E-state index in [0.29, 0.717) is 15.4 Å². The van der Waals surface area contributed by atoms with Crippen LogP contribution in [0, 0.1) is 0 Å². The molecule has 1 N–H and O–H groups in total. The zero-order valence-corrected chi connectivity index (χ0v) is 8.61. The summed E-state index contributed by atoms with van der Waals surface area (Å²) < 4.78 is 0.533. The molecule has 0 saturated heterocycles. The van der Waals surface area contributed by atoms with Gasteiger partial charge in [0, 0.05) is 6.92 Å². The predicted molar refractivity (Wildman–Crippen MR) is 51.3 cm³/mol. The second kappa shape index (κ2) is 3.87. The minimum Gasteiger partial charge on any atom is -0.324 e. The number of nitrogens with zero attached hydrogens (tertiary/aromatic N) is 1. The van der Waals surface area contributed by atoms with Crippen molar-refractivity contribution in [1.29, 1.82) is 0 Å². The first-order valence-electron chi connectivity index (χ1n) is 3.19. The summed E-state index contributed by atoms with van der Waals surface area (Å²) in [7, 11) is 0. The number of amides is 1. The number of pyridine rings is 1. The van der Waals surface area contributed by atoms with Gasteiger partial charge >= 0.3 is 0 Å². The summed E-state index contributed by atoms with van der Waals surface area (Å²) in [6.45, 7) is 1.43. The summed E-state index contributed by atoms with van der Waals surface area (Å²) in [5, 5.41) is 2.98. The number of hydrogen-bond acceptors (Lipinski definition) is 2. The van der Waals surface area contributed by atoms with Crippen molar-refractivity contribution in [3.8, 4) is 0 Å². The highest BCUT2D eigenvalue weighted by atomic mass is 79.9. The van der Waals surface area contributed by atoms with E-state index in [9.17, 15) is 4.79 Å². The zero-order chi connectivity index (χ0) is 9.14. The lowest BCUT2D eigenvalue weighted by Gasteiger charge is -2.03. The average molecular weight is 249 g/mol. The minimum atomic E-state index is -0.139. The van der Waals surface area contributed by atoms with E-state index in [4.69, 9.17) is 11.6 Å². The molecule has 1 amide bonds. The molecule has 0 spiro atoms. The van der Waals surface area contributed by atoms with Crippen LogP contribution in [0.2, 0.25) is 5.15 Å². The summed E-state index contributed by atoms with van der Waals surface area (Å²) >= 11 is 8.76. The smallest absolute Gasteiger partial charge is 0.221 e. The van der Waals surface area contributed by atoms with E-state index in [1.165, 1.54) is 6.92 Å². The van der Waals surface area contributed by atoms with Crippen molar-refractivity contribution in [2.45, 2.75) is 6.92 Å². The Bertz CT molecular complexity index is 316. The molecular weight excluding hydrogens is 243 g/mol. The molecule has 12 heavy (non-hydrogen) atoms. The van der Waals surface area contributed by atoms with E-state index in [0.717, 1.165) is 0 Å². The van der Waals surface area contributed by atoms with Crippen LogP contribution >= 0.6 is 27.5 Å². The molecule has 0 radical (unpaired) electrons. The summed E-state index contributed by atoms with van der Waals surface area (Å²) in [5.41, 5.74) is 0.618. The minimum absolute atomic E-state index is 0.139. The first kappa shape index (κ1) is 9.48. The SMILES string of the molecule is CC(=O)Nc1ccc(Cl)nc1Br. The summed E-state index contributed by atoms with van der Waals surface area (Å²) in [4.78, 5) is 14.6. The number of carbonyl (C=O) groups excluding carboxylic acids is 1. The first-order chi connectivity index (χ1) is 5.59. The van der Waals surface area contributed by atoms with Crippen LogP contribution in [0.4, 0.5) is 5.69 Å². The molecule has 0 aromatic carbocycles. The highest BCUT2D eigenvalue weighted by Gasteiger charge is 2.02. The summed E-state index contributed by atoms with van der Waals surface area (Å²) in [5.74, 6) is -0.139. The quantitative estimate of drug-likeness (QED) is 0.777. The van der Waals surface area contributed by atoms with Crippen LogP contribution < -0.4 is 5.32 Å². The van der Waals surface area contributed by atoms with Gasteiger partial charge < -0.3 is 5.32 Å². The van der Waals surface area contributed by atoms with E-state index < -0.39 is 0 Å². The Morgan fingerprint density at radius 1 is 1.67 bits per heavy atom. The lowest BCUT2D eigenvalue weighted by Crippen LogP contribution is -2.06. The Labute approximate surface area is 83.3 Å². The lowest BCUT2D eigenvalue weighted by atomic mass is 10.4. The van der Waals surface area contributed by atoms with Crippen LogP contribution in [0.25, 0.3) is 0 Å². The molecule has 1 aromatic heterocycles. The molecular formula is C7H6BrClN2O. The van der Waals surface area contributed by atoms with Gasteiger partial charge in [-0.1, -0.05) is 11.6 Å². The van der Waals surface area contributed by atoms with Gasteiger partial charge in [-0.05, 0) is 28.1 Å². The zero-order valence-electron chi connectivity index (χ0n) is 6.27. The van der Waals surface area contributed by atoms with Gasteiger partial charge in [0.2, 0.25) is 5.91 Å². The normalized spacial score (nSPS) is 9.58. The van der Waals surface area contributed by atoms with Crippen molar-refractivity contribution in [1.82, 2.24) is 4.98 Å². The second-order valence-corrected chi connectivity index (χ2v) is 3.29. The molecule has 0 unspecified atom stereocenters. The molecule has 0 aliphatic carbocycles. The molecule has 1 aromatic rings. The molecule has 3 nitrogen and oxygen atoms in total. The molecule has 0 fully saturated rings. The Hall–Kier alpha value is -0.610. The van der Waals surface area contributed by atoms with Gasteiger partial charge in [-0.15, -0.1) is 0 Å². The van der Waals surface area contributed by atoms with Gasteiger partial charge in [0.15, 0.2) is 0 Å². The highest BCUT2D eigenvalue weighted by Crippen LogP contribution is 2.21. The number of aromatic nitrogens is 1. The van der Waals surface area contributed by atoms with E-state index in [1.54, 1.807) is 12.1 Å². The third-order valence-corrected chi connectivity index (χ3v) is 1.94. The molecule has 64 valence electrons. The first-order valence-corrected chi connectivity index (χ1v) is 4.36. The van der Waals surface area contributed by atoms with Crippen LogP contribution in [-0.2, 0) is 4.79 Å². The Balaban J connectivity index is 2.93. The van der Waals surface area contributed by atoms with Crippen LogP contribution in [-0.4, -0.2) is 10.9 Å². The van der Waals surface area contributed by atoms with E-state index in [-0.39, 0.29) is 5.91 Å². The van der Waals surface area contributed by atoms with E-state index in [1.807, 2.05) is 0 Å². The van der Waals surface area contributed by atoms with E-state index in [2.05, 4.69) is 26.2 Å². The Morgan fingerprint density at radius 2 is 2.33 bits per heavy atom. The number of hydrogen-bond donors (Lipinski definition) is 1. The number of carbonyl (C=O) groups is 1. The third-order valence-electron chi connectivity index (χ3n) is 1.13. The van der Waals surface area contributed by atoms with E-state index >= 15 is 0 Å². The fourth-order valence-corrected chi connectivity index (χ4v) is 1.37. The van der Waals surface area contributed by atoms with Gasteiger partial charge in [0.1, 0.15) is 9.76 Å². The highest BCUT2D eigenvalue weighted by molar-refractivity contribution is 9.10. The second-order valence-electron chi connectivity index (χ2n) is 2.15. The Morgan fingerprint density at radius 3 is 2.83 bits per heavy atom. The maximum Gasteiger partial charge on any atom is 0.221 e. The molecule has 0 saturated carbocycles. The molecule has 0 aliphatic heterocycles. The van der Waals surface area contributed by atoms with Gasteiger partial charge in [-0.2, -0.15) is 0 Å². The van der Waals surface area contributed by atoms with Crippen LogP contribution in [0.15, 0.2) is 16.7 Å². The summed E-state index contributed by atoms with van der Waals surface area (Å²) in [6.07, 6.45) is 0. The molecule has 0 aliphatic rings.